The molecule has 5 heterocycles. The summed E-state index contributed by atoms with van der Waals surface area (Å²) in [4.78, 5) is 33.7. The van der Waals surface area contributed by atoms with Crippen molar-refractivity contribution in [2.45, 2.75) is 20.8 Å². The molecule has 0 aliphatic rings. The van der Waals surface area contributed by atoms with Crippen LogP contribution in [0, 0.1) is 11.2 Å². The third-order valence-corrected chi connectivity index (χ3v) is 6.45. The van der Waals surface area contributed by atoms with Crippen molar-refractivity contribution >= 4 is 33.7 Å². The highest BCUT2D eigenvalue weighted by atomic mass is 19.1. The summed E-state index contributed by atoms with van der Waals surface area (Å²) in [6.45, 7) is 5.54. The summed E-state index contributed by atoms with van der Waals surface area (Å²) in [5.74, 6) is 0.385. The third-order valence-electron chi connectivity index (χ3n) is 6.45. The number of imidazole rings is 1. The minimum Gasteiger partial charge on any atom is -0.497 e. The quantitative estimate of drug-likeness (QED) is 0.255. The number of aromatic nitrogens is 7. The molecule has 0 aliphatic carbocycles. The minimum atomic E-state index is -0.541. The number of H-pyrrole nitrogens is 2. The maximum atomic E-state index is 14.3. The second-order valence-corrected chi connectivity index (χ2v) is 10.4. The number of fused-ring (bicyclic) bond motifs is 2. The van der Waals surface area contributed by atoms with Gasteiger partial charge in [-0.3, -0.25) is 19.9 Å². The van der Waals surface area contributed by atoms with Crippen molar-refractivity contribution in [3.63, 3.8) is 0 Å². The molecule has 5 aromatic heterocycles. The van der Waals surface area contributed by atoms with Crippen LogP contribution < -0.4 is 10.1 Å². The van der Waals surface area contributed by atoms with Crippen LogP contribution in [0.4, 0.5) is 10.1 Å². The molecule has 6 rings (SSSR count). The van der Waals surface area contributed by atoms with Gasteiger partial charge in [0.05, 0.1) is 41.9 Å². The number of benzene rings is 1. The van der Waals surface area contributed by atoms with E-state index in [-0.39, 0.29) is 5.91 Å². The molecular weight excluding hydrogens is 511 g/mol. The third kappa shape index (κ3) is 4.62. The van der Waals surface area contributed by atoms with E-state index in [2.05, 4.69) is 40.4 Å². The number of methoxy groups -OCH3 is 1. The number of rotatable bonds is 5. The lowest BCUT2D eigenvalue weighted by atomic mass is 9.95. The average Bonchev–Trinajstić information content (AvgIpc) is 3.56. The minimum absolute atomic E-state index is 0.110. The summed E-state index contributed by atoms with van der Waals surface area (Å²) < 4.78 is 19.5. The number of hydrogen-bond acceptors (Lipinski definition) is 7. The maximum Gasteiger partial charge on any atom is 0.229 e. The van der Waals surface area contributed by atoms with E-state index in [0.717, 1.165) is 16.5 Å². The lowest BCUT2D eigenvalue weighted by Gasteiger charge is -2.17. The van der Waals surface area contributed by atoms with Gasteiger partial charge >= 0.3 is 0 Å². The van der Waals surface area contributed by atoms with E-state index < -0.39 is 11.2 Å². The van der Waals surface area contributed by atoms with Gasteiger partial charge < -0.3 is 15.0 Å². The van der Waals surface area contributed by atoms with E-state index in [9.17, 15) is 9.18 Å². The summed E-state index contributed by atoms with van der Waals surface area (Å²) in [7, 11) is 1.50. The van der Waals surface area contributed by atoms with E-state index in [1.54, 1.807) is 36.9 Å². The summed E-state index contributed by atoms with van der Waals surface area (Å²) in [5, 5.41) is 11.2. The van der Waals surface area contributed by atoms with Gasteiger partial charge in [-0.2, -0.15) is 5.10 Å². The molecule has 40 heavy (non-hydrogen) atoms. The van der Waals surface area contributed by atoms with Crippen LogP contribution in [0.2, 0.25) is 0 Å². The van der Waals surface area contributed by atoms with Crippen molar-refractivity contribution in [2.75, 3.05) is 12.4 Å². The molecule has 1 amide bonds. The van der Waals surface area contributed by atoms with Gasteiger partial charge in [-0.1, -0.05) is 20.8 Å². The first-order valence-electron chi connectivity index (χ1n) is 12.5. The fourth-order valence-electron chi connectivity index (χ4n) is 4.32. The number of amides is 1. The number of hydrogen-bond donors (Lipinski definition) is 3. The first kappa shape index (κ1) is 25.1. The number of carbonyl (C=O) groups is 1. The monoisotopic (exact) mass is 536 g/mol. The molecule has 6 aromatic rings. The first-order chi connectivity index (χ1) is 19.2. The molecule has 0 aliphatic heterocycles. The van der Waals surface area contributed by atoms with Gasteiger partial charge in [-0.15, -0.1) is 0 Å². The van der Waals surface area contributed by atoms with E-state index in [4.69, 9.17) is 4.74 Å². The Balaban J connectivity index is 1.40. The molecule has 0 fully saturated rings. The Kier molecular flexibility index (Phi) is 5.98. The molecule has 1 aromatic carbocycles. The standard InChI is InChI=1S/C29H25FN8O2/c1-29(2,3)28(39)34-18-8-16(12-31-13-18)22-11-21-23(14-33-22)37-38-25(21)27-35-24-20(5-6-32-26(24)36-27)15-7-17(30)10-19(9-15)40-4/h5-14H,1-4H3,(H,34,39)(H,37,38)(H,32,35,36). The predicted molar refractivity (Wildman–Crippen MR) is 150 cm³/mol. The van der Waals surface area contributed by atoms with Crippen molar-refractivity contribution in [1.29, 1.82) is 0 Å². The topological polar surface area (TPSA) is 134 Å². The molecule has 200 valence electrons. The average molecular weight is 537 g/mol. The second-order valence-electron chi connectivity index (χ2n) is 10.4. The van der Waals surface area contributed by atoms with E-state index in [0.29, 0.717) is 50.9 Å². The van der Waals surface area contributed by atoms with Crippen LogP contribution >= 0.6 is 0 Å². The summed E-state index contributed by atoms with van der Waals surface area (Å²) in [5.41, 5.74) is 5.17. The molecular formula is C29H25FN8O2. The van der Waals surface area contributed by atoms with Crippen LogP contribution in [0.15, 0.2) is 61.2 Å². The van der Waals surface area contributed by atoms with Gasteiger partial charge in [-0.25, -0.2) is 14.4 Å². The Labute approximate surface area is 228 Å². The molecule has 0 spiro atoms. The summed E-state index contributed by atoms with van der Waals surface area (Å²) >= 11 is 0. The lowest BCUT2D eigenvalue weighted by molar-refractivity contribution is -0.123. The van der Waals surface area contributed by atoms with Crippen LogP contribution in [0.25, 0.3) is 56.0 Å². The van der Waals surface area contributed by atoms with Gasteiger partial charge in [-0.05, 0) is 35.9 Å². The number of carbonyl (C=O) groups excluding carboxylic acids is 1. The fourth-order valence-corrected chi connectivity index (χ4v) is 4.32. The zero-order chi connectivity index (χ0) is 28.0. The number of ether oxygens (including phenoxy) is 1. The number of nitrogens with one attached hydrogen (secondary N) is 3. The number of nitrogens with zero attached hydrogens (tertiary/aromatic N) is 5. The predicted octanol–water partition coefficient (Wildman–Crippen LogP) is 5.76. The van der Waals surface area contributed by atoms with Crippen LogP contribution in [-0.2, 0) is 4.79 Å². The normalized spacial score (nSPS) is 11.7. The molecule has 0 bridgehead atoms. The molecule has 0 saturated heterocycles. The Bertz CT molecular complexity index is 1900. The summed E-state index contributed by atoms with van der Waals surface area (Å²) in [6.07, 6.45) is 6.60. The van der Waals surface area contributed by atoms with Gasteiger partial charge in [0.2, 0.25) is 5.91 Å². The van der Waals surface area contributed by atoms with Crippen molar-refractivity contribution in [3.05, 3.63) is 67.0 Å². The van der Waals surface area contributed by atoms with Gasteiger partial charge in [0.15, 0.2) is 11.5 Å². The van der Waals surface area contributed by atoms with Crippen LogP contribution in [-0.4, -0.2) is 48.1 Å². The Morgan fingerprint density at radius 3 is 2.67 bits per heavy atom. The zero-order valence-electron chi connectivity index (χ0n) is 22.2. The largest absolute Gasteiger partial charge is 0.497 e. The second kappa shape index (κ2) is 9.53. The van der Waals surface area contributed by atoms with Crippen molar-refractivity contribution < 1.29 is 13.9 Å². The van der Waals surface area contributed by atoms with Crippen LogP contribution in [0.5, 0.6) is 5.75 Å². The fraction of sp³-hybridized carbons (Fsp3) is 0.172. The van der Waals surface area contributed by atoms with E-state index >= 15 is 0 Å². The number of aromatic amines is 2. The molecule has 3 N–H and O–H groups in total. The molecule has 10 nitrogen and oxygen atoms in total. The smallest absolute Gasteiger partial charge is 0.229 e. The van der Waals surface area contributed by atoms with Gasteiger partial charge in [0, 0.05) is 40.4 Å². The highest BCUT2D eigenvalue weighted by Crippen LogP contribution is 2.33. The molecule has 0 unspecified atom stereocenters. The van der Waals surface area contributed by atoms with E-state index in [1.165, 1.54) is 19.2 Å². The van der Waals surface area contributed by atoms with Crippen molar-refractivity contribution in [3.8, 4) is 39.7 Å². The van der Waals surface area contributed by atoms with E-state index in [1.807, 2.05) is 32.9 Å². The van der Waals surface area contributed by atoms with Crippen molar-refractivity contribution in [2.24, 2.45) is 5.41 Å². The zero-order valence-corrected chi connectivity index (χ0v) is 22.2. The van der Waals surface area contributed by atoms with Gasteiger partial charge in [0.1, 0.15) is 17.3 Å². The number of pyridine rings is 3. The van der Waals surface area contributed by atoms with Crippen LogP contribution in [0.3, 0.4) is 0 Å². The Morgan fingerprint density at radius 2 is 1.88 bits per heavy atom. The summed E-state index contributed by atoms with van der Waals surface area (Å²) in [6, 6.07) is 10.0. The maximum absolute atomic E-state index is 14.3. The highest BCUT2D eigenvalue weighted by molar-refractivity contribution is 5.97. The first-order valence-corrected chi connectivity index (χ1v) is 12.5. The Morgan fingerprint density at radius 1 is 1.02 bits per heavy atom. The lowest BCUT2D eigenvalue weighted by Crippen LogP contribution is -2.27. The molecule has 11 heteroatoms. The number of anilines is 1. The van der Waals surface area contributed by atoms with Gasteiger partial charge in [0.25, 0.3) is 0 Å². The SMILES string of the molecule is COc1cc(F)cc(-c2ccnc3nc(-c4n[nH]c5cnc(-c6cncc(NC(=O)C(C)(C)C)c6)cc45)[nH]c23)c1. The molecule has 0 saturated carbocycles. The Hall–Kier alpha value is -5.19. The molecule has 0 radical (unpaired) electrons. The van der Waals surface area contributed by atoms with Crippen molar-refractivity contribution in [1.82, 2.24) is 35.1 Å². The number of halogens is 1. The highest BCUT2D eigenvalue weighted by Gasteiger charge is 2.22. The molecule has 0 atom stereocenters. The van der Waals surface area contributed by atoms with Crippen LogP contribution in [0.1, 0.15) is 20.8 Å².